The third kappa shape index (κ3) is 4.63. The first-order valence-corrected chi connectivity index (χ1v) is 9.62. The second-order valence-corrected chi connectivity index (χ2v) is 6.80. The number of urea groups is 1. The Balaban J connectivity index is 1.76. The number of carbonyl (C=O) groups is 3. The van der Waals surface area contributed by atoms with Gasteiger partial charge in [0, 0.05) is 19.3 Å². The van der Waals surface area contributed by atoms with Gasteiger partial charge < -0.3 is 15.0 Å². The van der Waals surface area contributed by atoms with Crippen molar-refractivity contribution < 1.29 is 19.1 Å². The number of anilines is 2. The molecule has 0 radical (unpaired) electrons. The van der Waals surface area contributed by atoms with Crippen molar-refractivity contribution in [3.05, 3.63) is 60.2 Å². The first-order chi connectivity index (χ1) is 14.0. The van der Waals surface area contributed by atoms with Gasteiger partial charge >= 0.3 is 6.03 Å². The number of amides is 4. The zero-order valence-corrected chi connectivity index (χ0v) is 16.6. The summed E-state index contributed by atoms with van der Waals surface area (Å²) in [6.07, 6.45) is 0.795. The first-order valence-electron chi connectivity index (χ1n) is 9.62. The standard InChI is InChI=1S/C22H25N3O4/c1-3-16-9-11-17(12-10-16)23-20(26)15-19-21(27)25(18-7-5-4-6-8-18)22(28)24(19)13-14-29-2/h4-12,19H,3,13-15H2,1-2H3,(H,23,26). The molecule has 0 aliphatic carbocycles. The Hall–Kier alpha value is -3.19. The molecule has 0 aromatic heterocycles. The average molecular weight is 395 g/mol. The van der Waals surface area contributed by atoms with Gasteiger partial charge in [-0.2, -0.15) is 0 Å². The van der Waals surface area contributed by atoms with E-state index in [1.807, 2.05) is 30.3 Å². The fourth-order valence-corrected chi connectivity index (χ4v) is 3.30. The zero-order valence-electron chi connectivity index (χ0n) is 16.6. The Kier molecular flexibility index (Phi) is 6.61. The van der Waals surface area contributed by atoms with Crippen molar-refractivity contribution in [1.29, 1.82) is 0 Å². The molecule has 0 saturated carbocycles. The molecule has 1 N–H and O–H groups in total. The van der Waals surface area contributed by atoms with Crippen molar-refractivity contribution in [2.24, 2.45) is 0 Å². The quantitative estimate of drug-likeness (QED) is 0.697. The van der Waals surface area contributed by atoms with Crippen LogP contribution in [0.25, 0.3) is 0 Å². The molecule has 4 amide bonds. The van der Waals surface area contributed by atoms with Crippen LogP contribution >= 0.6 is 0 Å². The van der Waals surface area contributed by atoms with Crippen LogP contribution in [0.4, 0.5) is 16.2 Å². The maximum absolute atomic E-state index is 13.0. The minimum absolute atomic E-state index is 0.118. The van der Waals surface area contributed by atoms with Crippen LogP contribution in [0.2, 0.25) is 0 Å². The highest BCUT2D eigenvalue weighted by atomic mass is 16.5. The predicted octanol–water partition coefficient (Wildman–Crippen LogP) is 3.06. The molecule has 0 bridgehead atoms. The van der Waals surface area contributed by atoms with E-state index >= 15 is 0 Å². The van der Waals surface area contributed by atoms with Gasteiger partial charge in [0.05, 0.1) is 18.7 Å². The highest BCUT2D eigenvalue weighted by Gasteiger charge is 2.46. The largest absolute Gasteiger partial charge is 0.383 e. The number of aryl methyl sites for hydroxylation is 1. The lowest BCUT2D eigenvalue weighted by molar-refractivity contribution is -0.124. The smallest absolute Gasteiger partial charge is 0.332 e. The molecule has 0 spiro atoms. The summed E-state index contributed by atoms with van der Waals surface area (Å²) in [6.45, 7) is 2.56. The van der Waals surface area contributed by atoms with Crippen molar-refractivity contribution in [2.45, 2.75) is 25.8 Å². The van der Waals surface area contributed by atoms with E-state index in [4.69, 9.17) is 4.74 Å². The summed E-state index contributed by atoms with van der Waals surface area (Å²) in [5.74, 6) is -0.730. The van der Waals surface area contributed by atoms with E-state index in [2.05, 4.69) is 12.2 Å². The van der Waals surface area contributed by atoms with Gasteiger partial charge in [-0.15, -0.1) is 0 Å². The molecule has 1 heterocycles. The molecular weight excluding hydrogens is 370 g/mol. The summed E-state index contributed by atoms with van der Waals surface area (Å²) in [5, 5.41) is 2.81. The minimum atomic E-state index is -0.868. The number of methoxy groups -OCH3 is 1. The molecule has 2 aromatic carbocycles. The molecule has 152 valence electrons. The van der Waals surface area contributed by atoms with Crippen LogP contribution in [0, 0.1) is 0 Å². The Morgan fingerprint density at radius 1 is 1.07 bits per heavy atom. The van der Waals surface area contributed by atoms with E-state index in [0.717, 1.165) is 11.3 Å². The van der Waals surface area contributed by atoms with Crippen molar-refractivity contribution in [3.8, 4) is 0 Å². The zero-order chi connectivity index (χ0) is 20.8. The normalized spacial score (nSPS) is 16.4. The second kappa shape index (κ2) is 9.34. The topological polar surface area (TPSA) is 79.0 Å². The van der Waals surface area contributed by atoms with Crippen LogP contribution in [0.1, 0.15) is 18.9 Å². The van der Waals surface area contributed by atoms with E-state index in [-0.39, 0.29) is 25.5 Å². The van der Waals surface area contributed by atoms with E-state index in [1.165, 1.54) is 17.6 Å². The highest BCUT2D eigenvalue weighted by molar-refractivity contribution is 6.22. The third-order valence-electron chi connectivity index (χ3n) is 4.89. The maximum atomic E-state index is 13.0. The molecule has 1 unspecified atom stereocenters. The molecule has 1 aliphatic rings. The van der Waals surface area contributed by atoms with Crippen molar-refractivity contribution in [3.63, 3.8) is 0 Å². The molecule has 1 saturated heterocycles. The number of ether oxygens (including phenoxy) is 1. The van der Waals surface area contributed by atoms with E-state index in [9.17, 15) is 14.4 Å². The molecule has 7 nitrogen and oxygen atoms in total. The van der Waals surface area contributed by atoms with Crippen molar-refractivity contribution in [1.82, 2.24) is 4.90 Å². The lowest BCUT2D eigenvalue weighted by Gasteiger charge is -2.21. The summed E-state index contributed by atoms with van der Waals surface area (Å²) in [5.41, 5.74) is 2.32. The number of benzene rings is 2. The fourth-order valence-electron chi connectivity index (χ4n) is 3.30. The van der Waals surface area contributed by atoms with E-state index < -0.39 is 18.0 Å². The summed E-state index contributed by atoms with van der Waals surface area (Å²) >= 11 is 0. The molecule has 7 heteroatoms. The average Bonchev–Trinajstić information content (AvgIpc) is 2.96. The Bertz CT molecular complexity index is 867. The summed E-state index contributed by atoms with van der Waals surface area (Å²) in [4.78, 5) is 41.0. The van der Waals surface area contributed by atoms with Gasteiger partial charge in [-0.1, -0.05) is 37.3 Å². The van der Waals surface area contributed by atoms with Gasteiger partial charge in [0.25, 0.3) is 5.91 Å². The van der Waals surface area contributed by atoms with Crippen LogP contribution in [0.5, 0.6) is 0 Å². The molecule has 2 aromatic rings. The minimum Gasteiger partial charge on any atom is -0.383 e. The number of para-hydroxylation sites is 1. The molecular formula is C22H25N3O4. The highest BCUT2D eigenvalue weighted by Crippen LogP contribution is 2.26. The Morgan fingerprint density at radius 2 is 1.76 bits per heavy atom. The third-order valence-corrected chi connectivity index (χ3v) is 4.89. The van der Waals surface area contributed by atoms with Gasteiger partial charge in [-0.3, -0.25) is 9.59 Å². The summed E-state index contributed by atoms with van der Waals surface area (Å²) < 4.78 is 5.07. The molecule has 3 rings (SSSR count). The van der Waals surface area contributed by atoms with E-state index in [0.29, 0.717) is 11.4 Å². The van der Waals surface area contributed by atoms with Crippen LogP contribution in [0.15, 0.2) is 54.6 Å². The van der Waals surface area contributed by atoms with Crippen LogP contribution in [0.3, 0.4) is 0 Å². The van der Waals surface area contributed by atoms with Gasteiger partial charge in [-0.05, 0) is 36.2 Å². The monoisotopic (exact) mass is 395 g/mol. The number of nitrogens with one attached hydrogen (secondary N) is 1. The second-order valence-electron chi connectivity index (χ2n) is 6.80. The van der Waals surface area contributed by atoms with Crippen LogP contribution in [-0.4, -0.2) is 49.0 Å². The Morgan fingerprint density at radius 3 is 2.38 bits per heavy atom. The molecule has 1 aliphatic heterocycles. The van der Waals surface area contributed by atoms with E-state index in [1.54, 1.807) is 24.3 Å². The molecule has 1 fully saturated rings. The van der Waals surface area contributed by atoms with Crippen LogP contribution < -0.4 is 10.2 Å². The Labute approximate surface area is 170 Å². The van der Waals surface area contributed by atoms with Crippen molar-refractivity contribution >= 4 is 29.2 Å². The lowest BCUT2D eigenvalue weighted by Crippen LogP contribution is -2.39. The van der Waals surface area contributed by atoms with Gasteiger partial charge in [0.1, 0.15) is 6.04 Å². The molecule has 1 atom stereocenters. The van der Waals surface area contributed by atoms with Crippen molar-refractivity contribution in [2.75, 3.05) is 30.5 Å². The predicted molar refractivity (Wildman–Crippen MR) is 111 cm³/mol. The maximum Gasteiger partial charge on any atom is 0.332 e. The SMILES string of the molecule is CCc1ccc(NC(=O)CC2C(=O)N(c3ccccc3)C(=O)N2CCOC)cc1. The number of nitrogens with zero attached hydrogens (tertiary/aromatic N) is 2. The van der Waals surface area contributed by atoms with Crippen LogP contribution in [-0.2, 0) is 20.7 Å². The van der Waals surface area contributed by atoms with Gasteiger partial charge in [-0.25, -0.2) is 9.69 Å². The number of hydrogen-bond acceptors (Lipinski definition) is 4. The summed E-state index contributed by atoms with van der Waals surface area (Å²) in [6, 6.07) is 15.0. The lowest BCUT2D eigenvalue weighted by atomic mass is 10.1. The molecule has 29 heavy (non-hydrogen) atoms. The summed E-state index contributed by atoms with van der Waals surface area (Å²) in [7, 11) is 1.53. The number of carbonyl (C=O) groups excluding carboxylic acids is 3. The number of hydrogen-bond donors (Lipinski definition) is 1. The fraction of sp³-hybridized carbons (Fsp3) is 0.318. The first kappa shape index (κ1) is 20.5. The number of imide groups is 1. The van der Waals surface area contributed by atoms with Gasteiger partial charge in [0.2, 0.25) is 5.91 Å². The number of rotatable bonds is 8. The van der Waals surface area contributed by atoms with Gasteiger partial charge in [0.15, 0.2) is 0 Å².